The van der Waals surface area contributed by atoms with Crippen molar-refractivity contribution in [2.75, 3.05) is 13.2 Å². The van der Waals surface area contributed by atoms with Gasteiger partial charge in [-0.2, -0.15) is 0 Å². The van der Waals surface area contributed by atoms with Crippen molar-refractivity contribution in [3.05, 3.63) is 29.8 Å². The molecule has 1 fully saturated rings. The Hall–Kier alpha value is -0.770. The van der Waals surface area contributed by atoms with E-state index in [0.717, 1.165) is 25.1 Å². The molecule has 1 atom stereocenters. The standard InChI is InChI=1S/C10H13NO2.ClH/c12-9-4-2-1-3-8(9)7-10-11-5-6-13-10;/h1-4,10-12H,5-7H2;1H. The van der Waals surface area contributed by atoms with Crippen molar-refractivity contribution < 1.29 is 9.84 Å². The zero-order chi connectivity index (χ0) is 9.10. The Balaban J connectivity index is 0.000000980. The largest absolute Gasteiger partial charge is 0.508 e. The van der Waals surface area contributed by atoms with Gasteiger partial charge in [0, 0.05) is 13.0 Å². The highest BCUT2D eigenvalue weighted by atomic mass is 35.5. The van der Waals surface area contributed by atoms with Gasteiger partial charge in [-0.25, -0.2) is 0 Å². The van der Waals surface area contributed by atoms with Gasteiger partial charge in [0.15, 0.2) is 0 Å². The fourth-order valence-electron chi connectivity index (χ4n) is 1.49. The molecule has 3 nitrogen and oxygen atoms in total. The zero-order valence-corrected chi connectivity index (χ0v) is 8.59. The minimum Gasteiger partial charge on any atom is -0.508 e. The molecule has 1 unspecified atom stereocenters. The van der Waals surface area contributed by atoms with Gasteiger partial charge in [-0.3, -0.25) is 5.32 Å². The normalized spacial score (nSPS) is 20.4. The number of aromatic hydroxyl groups is 1. The van der Waals surface area contributed by atoms with Crippen molar-refractivity contribution in [3.8, 4) is 5.75 Å². The average molecular weight is 216 g/mol. The van der Waals surface area contributed by atoms with Crippen molar-refractivity contribution in [1.82, 2.24) is 5.32 Å². The average Bonchev–Trinajstić information content (AvgIpc) is 2.61. The number of phenolic OH excluding ortho intramolecular Hbond substituents is 1. The molecule has 0 saturated carbocycles. The van der Waals surface area contributed by atoms with Gasteiger partial charge in [-0.1, -0.05) is 18.2 Å². The molecule has 0 radical (unpaired) electrons. The van der Waals surface area contributed by atoms with Crippen LogP contribution >= 0.6 is 12.4 Å². The van der Waals surface area contributed by atoms with E-state index < -0.39 is 0 Å². The van der Waals surface area contributed by atoms with Gasteiger partial charge in [0.25, 0.3) is 0 Å². The summed E-state index contributed by atoms with van der Waals surface area (Å²) in [6, 6.07) is 7.36. The Bertz CT molecular complexity index is 287. The molecule has 1 heterocycles. The summed E-state index contributed by atoms with van der Waals surface area (Å²) < 4.78 is 5.39. The van der Waals surface area contributed by atoms with Crippen LogP contribution in [-0.2, 0) is 11.2 Å². The predicted octanol–water partition coefficient (Wildman–Crippen LogP) is 1.30. The lowest BCUT2D eigenvalue weighted by Gasteiger charge is -2.10. The van der Waals surface area contributed by atoms with Crippen LogP contribution in [0.3, 0.4) is 0 Å². The fourth-order valence-corrected chi connectivity index (χ4v) is 1.49. The Kier molecular flexibility index (Phi) is 4.20. The molecule has 0 aromatic heterocycles. The third-order valence-corrected chi connectivity index (χ3v) is 2.19. The van der Waals surface area contributed by atoms with Crippen LogP contribution < -0.4 is 5.32 Å². The Labute approximate surface area is 89.5 Å². The van der Waals surface area contributed by atoms with Crippen LogP contribution in [-0.4, -0.2) is 24.5 Å². The molecule has 0 spiro atoms. The number of halogens is 1. The van der Waals surface area contributed by atoms with E-state index in [0.29, 0.717) is 5.75 Å². The smallest absolute Gasteiger partial charge is 0.118 e. The first-order valence-corrected chi connectivity index (χ1v) is 4.48. The van der Waals surface area contributed by atoms with Crippen LogP contribution in [0, 0.1) is 0 Å². The second kappa shape index (κ2) is 5.20. The highest BCUT2D eigenvalue weighted by molar-refractivity contribution is 5.85. The van der Waals surface area contributed by atoms with E-state index in [4.69, 9.17) is 4.74 Å². The molecule has 0 amide bonds. The number of rotatable bonds is 2. The van der Waals surface area contributed by atoms with E-state index in [2.05, 4.69) is 5.32 Å². The summed E-state index contributed by atoms with van der Waals surface area (Å²) in [4.78, 5) is 0. The predicted molar refractivity (Wildman–Crippen MR) is 56.8 cm³/mol. The number of nitrogens with one attached hydrogen (secondary N) is 1. The second-order valence-electron chi connectivity index (χ2n) is 3.15. The Morgan fingerprint density at radius 1 is 1.43 bits per heavy atom. The van der Waals surface area contributed by atoms with Crippen molar-refractivity contribution >= 4 is 12.4 Å². The lowest BCUT2D eigenvalue weighted by atomic mass is 10.1. The lowest BCUT2D eigenvalue weighted by molar-refractivity contribution is 0.101. The number of phenols is 1. The SMILES string of the molecule is Cl.Oc1ccccc1CC1NCCO1. The van der Waals surface area contributed by atoms with Crippen LogP contribution in [0.25, 0.3) is 0 Å². The summed E-state index contributed by atoms with van der Waals surface area (Å²) in [6.07, 6.45) is 0.792. The van der Waals surface area contributed by atoms with E-state index in [1.807, 2.05) is 18.2 Å². The maximum absolute atomic E-state index is 9.49. The van der Waals surface area contributed by atoms with Crippen molar-refractivity contribution in [2.24, 2.45) is 0 Å². The highest BCUT2D eigenvalue weighted by Gasteiger charge is 2.15. The first kappa shape index (κ1) is 11.3. The van der Waals surface area contributed by atoms with E-state index in [1.54, 1.807) is 6.07 Å². The summed E-state index contributed by atoms with van der Waals surface area (Å²) in [6.45, 7) is 1.66. The molecule has 4 heteroatoms. The van der Waals surface area contributed by atoms with Gasteiger partial charge in [-0.15, -0.1) is 12.4 Å². The van der Waals surface area contributed by atoms with E-state index in [-0.39, 0.29) is 18.6 Å². The van der Waals surface area contributed by atoms with Crippen LogP contribution in [0.4, 0.5) is 0 Å². The van der Waals surface area contributed by atoms with Crippen molar-refractivity contribution in [3.63, 3.8) is 0 Å². The third kappa shape index (κ3) is 2.61. The number of ether oxygens (including phenoxy) is 1. The van der Waals surface area contributed by atoms with Crippen LogP contribution in [0.2, 0.25) is 0 Å². The monoisotopic (exact) mass is 215 g/mol. The van der Waals surface area contributed by atoms with Crippen LogP contribution in [0.5, 0.6) is 5.75 Å². The Morgan fingerprint density at radius 2 is 2.21 bits per heavy atom. The third-order valence-electron chi connectivity index (χ3n) is 2.19. The lowest BCUT2D eigenvalue weighted by Crippen LogP contribution is -2.24. The van der Waals surface area contributed by atoms with Gasteiger partial charge < -0.3 is 9.84 Å². The topological polar surface area (TPSA) is 41.5 Å². The summed E-state index contributed by atoms with van der Waals surface area (Å²) in [5.74, 6) is 0.347. The van der Waals surface area contributed by atoms with Crippen molar-refractivity contribution in [2.45, 2.75) is 12.6 Å². The number of para-hydroxylation sites is 1. The fraction of sp³-hybridized carbons (Fsp3) is 0.400. The maximum atomic E-state index is 9.49. The summed E-state index contributed by atoms with van der Waals surface area (Å²) in [7, 11) is 0. The zero-order valence-electron chi connectivity index (χ0n) is 7.77. The highest BCUT2D eigenvalue weighted by Crippen LogP contribution is 2.18. The van der Waals surface area contributed by atoms with E-state index in [9.17, 15) is 5.11 Å². The number of hydrogen-bond donors (Lipinski definition) is 2. The maximum Gasteiger partial charge on any atom is 0.118 e. The van der Waals surface area contributed by atoms with Crippen LogP contribution in [0.15, 0.2) is 24.3 Å². The molecule has 0 aliphatic carbocycles. The molecule has 1 aromatic carbocycles. The molecule has 1 aromatic rings. The van der Waals surface area contributed by atoms with Crippen molar-refractivity contribution in [1.29, 1.82) is 0 Å². The molecule has 14 heavy (non-hydrogen) atoms. The number of hydrogen-bond acceptors (Lipinski definition) is 3. The van der Waals surface area contributed by atoms with Gasteiger partial charge in [-0.05, 0) is 11.6 Å². The molecule has 1 saturated heterocycles. The van der Waals surface area contributed by atoms with E-state index in [1.165, 1.54) is 0 Å². The first-order valence-electron chi connectivity index (χ1n) is 4.48. The minimum absolute atomic E-state index is 0. The molecule has 2 rings (SSSR count). The summed E-state index contributed by atoms with van der Waals surface area (Å²) >= 11 is 0. The quantitative estimate of drug-likeness (QED) is 0.782. The molecule has 1 aliphatic rings. The second-order valence-corrected chi connectivity index (χ2v) is 3.15. The van der Waals surface area contributed by atoms with Crippen LogP contribution in [0.1, 0.15) is 5.56 Å². The molecular weight excluding hydrogens is 202 g/mol. The molecule has 2 N–H and O–H groups in total. The first-order chi connectivity index (χ1) is 6.36. The minimum atomic E-state index is 0. The van der Waals surface area contributed by atoms with Gasteiger partial charge in [0.1, 0.15) is 12.0 Å². The molecule has 0 bridgehead atoms. The summed E-state index contributed by atoms with van der Waals surface area (Å²) in [5.41, 5.74) is 0.932. The van der Waals surface area contributed by atoms with Gasteiger partial charge in [0.05, 0.1) is 6.61 Å². The van der Waals surface area contributed by atoms with E-state index >= 15 is 0 Å². The summed E-state index contributed by atoms with van der Waals surface area (Å²) in [5, 5.41) is 12.7. The molecular formula is C10H14ClNO2. The number of benzene rings is 1. The van der Waals surface area contributed by atoms with Gasteiger partial charge in [0.2, 0.25) is 0 Å². The molecule has 1 aliphatic heterocycles. The Morgan fingerprint density at radius 3 is 2.86 bits per heavy atom. The molecule has 78 valence electrons. The van der Waals surface area contributed by atoms with Gasteiger partial charge >= 0.3 is 0 Å².